The Morgan fingerprint density at radius 1 is 1.46 bits per heavy atom. The van der Waals surface area contributed by atoms with Gasteiger partial charge in [-0.25, -0.2) is 4.98 Å². The Bertz CT molecular complexity index is 277. The van der Waals surface area contributed by atoms with E-state index in [1.54, 1.807) is 6.20 Å². The van der Waals surface area contributed by atoms with E-state index in [0.29, 0.717) is 11.1 Å². The van der Waals surface area contributed by atoms with E-state index in [9.17, 15) is 0 Å². The van der Waals surface area contributed by atoms with Crippen LogP contribution in [0.4, 0.5) is 5.82 Å². The van der Waals surface area contributed by atoms with Crippen LogP contribution >= 0.6 is 11.6 Å². The minimum Gasteiger partial charge on any atom is -0.367 e. The summed E-state index contributed by atoms with van der Waals surface area (Å²) < 4.78 is 0. The second-order valence-electron chi connectivity index (χ2n) is 3.78. The van der Waals surface area contributed by atoms with Crippen LogP contribution in [0.2, 0.25) is 5.02 Å². The third kappa shape index (κ3) is 2.13. The number of aromatic nitrogens is 1. The van der Waals surface area contributed by atoms with Crippen molar-refractivity contribution in [3.63, 3.8) is 0 Å². The molecule has 0 amide bonds. The third-order valence-electron chi connectivity index (χ3n) is 2.45. The van der Waals surface area contributed by atoms with E-state index >= 15 is 0 Å². The number of pyridine rings is 1. The van der Waals surface area contributed by atoms with Crippen LogP contribution < -0.4 is 5.32 Å². The summed E-state index contributed by atoms with van der Waals surface area (Å²) in [6, 6.07) is 4.40. The van der Waals surface area contributed by atoms with Gasteiger partial charge in [0, 0.05) is 12.2 Å². The first-order valence-corrected chi connectivity index (χ1v) is 5.00. The van der Waals surface area contributed by atoms with Crippen molar-refractivity contribution in [3.8, 4) is 0 Å². The summed E-state index contributed by atoms with van der Waals surface area (Å²) in [6.07, 6.45) is 4.18. The molecular formula is C10H13ClN2. The summed E-state index contributed by atoms with van der Waals surface area (Å²) in [7, 11) is 0. The zero-order chi connectivity index (χ0) is 9.26. The van der Waals surface area contributed by atoms with Gasteiger partial charge in [0.15, 0.2) is 0 Å². The molecule has 2 nitrogen and oxygen atoms in total. The zero-order valence-corrected chi connectivity index (χ0v) is 8.38. The van der Waals surface area contributed by atoms with E-state index in [4.69, 9.17) is 11.6 Å². The van der Waals surface area contributed by atoms with Crippen molar-refractivity contribution in [1.82, 2.24) is 4.98 Å². The van der Waals surface area contributed by atoms with E-state index in [-0.39, 0.29) is 0 Å². The largest absolute Gasteiger partial charge is 0.367 e. The number of nitrogens with one attached hydrogen (secondary N) is 1. The zero-order valence-electron chi connectivity index (χ0n) is 7.63. The molecule has 70 valence electrons. The number of halogens is 1. The topological polar surface area (TPSA) is 24.9 Å². The standard InChI is InChI=1S/C10H13ClN2/c1-7-4-9(5-7)13-10-3-2-8(11)6-12-10/h2-3,6-7,9H,4-5H2,1H3,(H,12,13). The van der Waals surface area contributed by atoms with Gasteiger partial charge in [-0.2, -0.15) is 0 Å². The summed E-state index contributed by atoms with van der Waals surface area (Å²) in [5, 5.41) is 4.05. The molecule has 1 N–H and O–H groups in total. The minimum atomic E-state index is 0.615. The Hall–Kier alpha value is -0.760. The molecule has 0 aliphatic heterocycles. The number of anilines is 1. The molecule has 0 radical (unpaired) electrons. The molecule has 1 aromatic rings. The fraction of sp³-hybridized carbons (Fsp3) is 0.500. The molecule has 0 aromatic carbocycles. The van der Waals surface area contributed by atoms with E-state index in [2.05, 4.69) is 17.2 Å². The number of hydrogen-bond donors (Lipinski definition) is 1. The Kier molecular flexibility index (Phi) is 2.40. The van der Waals surface area contributed by atoms with Gasteiger partial charge in [0.2, 0.25) is 0 Å². The maximum absolute atomic E-state index is 5.73. The van der Waals surface area contributed by atoms with Crippen molar-refractivity contribution in [1.29, 1.82) is 0 Å². The highest BCUT2D eigenvalue weighted by atomic mass is 35.5. The molecule has 0 atom stereocenters. The van der Waals surface area contributed by atoms with Crippen molar-refractivity contribution in [2.75, 3.05) is 5.32 Å². The lowest BCUT2D eigenvalue weighted by molar-refractivity contribution is 0.308. The molecule has 1 aliphatic carbocycles. The number of nitrogens with zero attached hydrogens (tertiary/aromatic N) is 1. The molecule has 0 bridgehead atoms. The average molecular weight is 197 g/mol. The summed E-state index contributed by atoms with van der Waals surface area (Å²) in [5.41, 5.74) is 0. The summed E-state index contributed by atoms with van der Waals surface area (Å²) in [5.74, 6) is 1.80. The van der Waals surface area contributed by atoms with Crippen LogP contribution in [0.1, 0.15) is 19.8 Å². The van der Waals surface area contributed by atoms with Crippen LogP contribution in [0.3, 0.4) is 0 Å². The Balaban J connectivity index is 1.91. The third-order valence-corrected chi connectivity index (χ3v) is 2.68. The number of rotatable bonds is 2. The maximum Gasteiger partial charge on any atom is 0.126 e. The van der Waals surface area contributed by atoms with Gasteiger partial charge in [0.1, 0.15) is 5.82 Å². The lowest BCUT2D eigenvalue weighted by Gasteiger charge is -2.33. The molecule has 1 saturated carbocycles. The van der Waals surface area contributed by atoms with E-state index in [1.165, 1.54) is 12.8 Å². The lowest BCUT2D eigenvalue weighted by Crippen LogP contribution is -2.33. The van der Waals surface area contributed by atoms with Crippen LogP contribution in [0.25, 0.3) is 0 Å². The molecule has 1 aliphatic rings. The fourth-order valence-corrected chi connectivity index (χ4v) is 1.80. The molecular weight excluding hydrogens is 184 g/mol. The van der Waals surface area contributed by atoms with Gasteiger partial charge >= 0.3 is 0 Å². The van der Waals surface area contributed by atoms with Crippen LogP contribution in [0.5, 0.6) is 0 Å². The van der Waals surface area contributed by atoms with Crippen LogP contribution in [0, 0.1) is 5.92 Å². The first-order valence-electron chi connectivity index (χ1n) is 4.62. The van der Waals surface area contributed by atoms with Gasteiger partial charge < -0.3 is 5.32 Å². The summed E-state index contributed by atoms with van der Waals surface area (Å²) in [6.45, 7) is 2.27. The Morgan fingerprint density at radius 3 is 2.77 bits per heavy atom. The van der Waals surface area contributed by atoms with Gasteiger partial charge in [-0.05, 0) is 30.9 Å². The normalized spacial score (nSPS) is 26.6. The molecule has 1 aromatic heterocycles. The maximum atomic E-state index is 5.73. The highest BCUT2D eigenvalue weighted by molar-refractivity contribution is 6.30. The van der Waals surface area contributed by atoms with E-state index < -0.39 is 0 Å². The summed E-state index contributed by atoms with van der Waals surface area (Å²) >= 11 is 5.73. The molecule has 0 spiro atoms. The molecule has 1 heterocycles. The van der Waals surface area contributed by atoms with Gasteiger partial charge in [0.05, 0.1) is 5.02 Å². The molecule has 13 heavy (non-hydrogen) atoms. The molecule has 3 heteroatoms. The predicted octanol–water partition coefficient (Wildman–Crippen LogP) is 2.95. The van der Waals surface area contributed by atoms with Crippen LogP contribution in [0.15, 0.2) is 18.3 Å². The minimum absolute atomic E-state index is 0.615. The van der Waals surface area contributed by atoms with E-state index in [0.717, 1.165) is 11.7 Å². The Morgan fingerprint density at radius 2 is 2.23 bits per heavy atom. The monoisotopic (exact) mass is 196 g/mol. The second-order valence-corrected chi connectivity index (χ2v) is 4.22. The fourth-order valence-electron chi connectivity index (χ4n) is 1.69. The van der Waals surface area contributed by atoms with E-state index in [1.807, 2.05) is 12.1 Å². The van der Waals surface area contributed by atoms with Gasteiger partial charge in [-0.15, -0.1) is 0 Å². The lowest BCUT2D eigenvalue weighted by atomic mass is 9.82. The molecule has 0 saturated heterocycles. The first kappa shape index (κ1) is 8.82. The second kappa shape index (κ2) is 3.54. The highest BCUT2D eigenvalue weighted by Crippen LogP contribution is 2.28. The first-order chi connectivity index (χ1) is 6.24. The van der Waals surface area contributed by atoms with Crippen LogP contribution in [-0.4, -0.2) is 11.0 Å². The highest BCUT2D eigenvalue weighted by Gasteiger charge is 2.24. The van der Waals surface area contributed by atoms with Crippen molar-refractivity contribution in [3.05, 3.63) is 23.4 Å². The molecule has 2 rings (SSSR count). The van der Waals surface area contributed by atoms with Gasteiger partial charge in [-0.1, -0.05) is 18.5 Å². The predicted molar refractivity (Wildman–Crippen MR) is 55.1 cm³/mol. The van der Waals surface area contributed by atoms with Crippen molar-refractivity contribution in [2.45, 2.75) is 25.8 Å². The van der Waals surface area contributed by atoms with Crippen LogP contribution in [-0.2, 0) is 0 Å². The van der Waals surface area contributed by atoms with Crippen molar-refractivity contribution >= 4 is 17.4 Å². The van der Waals surface area contributed by atoms with Gasteiger partial charge in [0.25, 0.3) is 0 Å². The van der Waals surface area contributed by atoms with Gasteiger partial charge in [-0.3, -0.25) is 0 Å². The number of hydrogen-bond acceptors (Lipinski definition) is 2. The Labute approximate surface area is 83.3 Å². The quantitative estimate of drug-likeness (QED) is 0.787. The average Bonchev–Trinajstić information content (AvgIpc) is 2.06. The molecule has 1 fully saturated rings. The SMILES string of the molecule is CC1CC(Nc2ccc(Cl)cn2)C1. The summed E-state index contributed by atoms with van der Waals surface area (Å²) in [4.78, 5) is 4.18. The van der Waals surface area contributed by atoms with Crippen molar-refractivity contribution in [2.24, 2.45) is 5.92 Å². The smallest absolute Gasteiger partial charge is 0.126 e. The molecule has 0 unspecified atom stereocenters. The van der Waals surface area contributed by atoms with Crippen molar-refractivity contribution < 1.29 is 0 Å².